The smallest absolute Gasteiger partial charge is 0.220 e. The van der Waals surface area contributed by atoms with Crippen LogP contribution < -0.4 is 5.32 Å². The predicted octanol–water partition coefficient (Wildman–Crippen LogP) is 3.83. The zero-order valence-electron chi connectivity index (χ0n) is 13.1. The molecule has 0 aliphatic heterocycles. The van der Waals surface area contributed by atoms with Crippen molar-refractivity contribution in [2.75, 3.05) is 0 Å². The van der Waals surface area contributed by atoms with E-state index in [1.165, 1.54) is 11.1 Å². The van der Waals surface area contributed by atoms with Crippen molar-refractivity contribution in [3.05, 3.63) is 35.4 Å². The van der Waals surface area contributed by atoms with E-state index in [0.29, 0.717) is 6.42 Å². The van der Waals surface area contributed by atoms with E-state index >= 15 is 0 Å². The maximum Gasteiger partial charge on any atom is 0.220 e. The number of carbonyl (C=O) groups excluding carboxylic acids is 1. The lowest BCUT2D eigenvalue weighted by Gasteiger charge is -2.21. The third-order valence-electron chi connectivity index (χ3n) is 2.98. The van der Waals surface area contributed by atoms with Gasteiger partial charge in [-0.15, -0.1) is 0 Å². The maximum atomic E-state index is 11.7. The van der Waals surface area contributed by atoms with Gasteiger partial charge >= 0.3 is 0 Å². The van der Waals surface area contributed by atoms with Gasteiger partial charge < -0.3 is 5.32 Å². The Labute approximate surface area is 117 Å². The summed E-state index contributed by atoms with van der Waals surface area (Å²) >= 11 is 0. The highest BCUT2D eigenvalue weighted by Gasteiger charge is 2.14. The molecule has 0 radical (unpaired) electrons. The quantitative estimate of drug-likeness (QED) is 0.880. The Bertz CT molecular complexity index is 418. The van der Waals surface area contributed by atoms with Crippen LogP contribution in [0.1, 0.15) is 59.1 Å². The summed E-state index contributed by atoms with van der Waals surface area (Å²) in [4.78, 5) is 11.7. The van der Waals surface area contributed by atoms with Gasteiger partial charge in [-0.3, -0.25) is 4.79 Å². The average molecular weight is 261 g/mol. The van der Waals surface area contributed by atoms with Crippen molar-refractivity contribution in [3.8, 4) is 0 Å². The predicted molar refractivity (Wildman–Crippen MR) is 81.4 cm³/mol. The van der Waals surface area contributed by atoms with Crippen LogP contribution in [0, 0.1) is 0 Å². The lowest BCUT2D eigenvalue weighted by molar-refractivity contribution is -0.122. The summed E-state index contributed by atoms with van der Waals surface area (Å²) in [6.07, 6.45) is 1.35. The van der Waals surface area contributed by atoms with Gasteiger partial charge in [-0.05, 0) is 43.7 Å². The second-order valence-electron chi connectivity index (χ2n) is 7.25. The minimum Gasteiger partial charge on any atom is -0.351 e. The van der Waals surface area contributed by atoms with Crippen LogP contribution in [-0.2, 0) is 16.6 Å². The first-order chi connectivity index (χ1) is 8.58. The van der Waals surface area contributed by atoms with Crippen molar-refractivity contribution in [3.63, 3.8) is 0 Å². The molecule has 2 heteroatoms. The summed E-state index contributed by atoms with van der Waals surface area (Å²) in [5, 5.41) is 2.99. The summed E-state index contributed by atoms with van der Waals surface area (Å²) in [5.74, 6) is 0.118. The zero-order chi connectivity index (χ0) is 14.7. The van der Waals surface area contributed by atoms with Crippen molar-refractivity contribution in [2.45, 2.75) is 65.3 Å². The van der Waals surface area contributed by atoms with E-state index in [-0.39, 0.29) is 16.9 Å². The summed E-state index contributed by atoms with van der Waals surface area (Å²) in [6.45, 7) is 12.6. The molecular weight excluding hydrogens is 234 g/mol. The molecule has 1 rings (SSSR count). The third-order valence-corrected chi connectivity index (χ3v) is 2.98. The number of benzene rings is 1. The number of carbonyl (C=O) groups is 1. The Kier molecular flexibility index (Phi) is 4.78. The monoisotopic (exact) mass is 261 g/mol. The summed E-state index contributed by atoms with van der Waals surface area (Å²) in [7, 11) is 0. The van der Waals surface area contributed by atoms with Crippen LogP contribution in [0.25, 0.3) is 0 Å². The first-order valence-corrected chi connectivity index (χ1v) is 6.98. The van der Waals surface area contributed by atoms with Gasteiger partial charge in [0.05, 0.1) is 0 Å². The van der Waals surface area contributed by atoms with Gasteiger partial charge in [0.15, 0.2) is 0 Å². The van der Waals surface area contributed by atoms with Crippen molar-refractivity contribution in [1.29, 1.82) is 0 Å². The lowest BCUT2D eigenvalue weighted by atomic mass is 9.86. The molecule has 1 amide bonds. The SMILES string of the molecule is CC(C)(C)NC(=O)CCc1ccc(C(C)(C)C)cc1. The fourth-order valence-corrected chi connectivity index (χ4v) is 1.91. The lowest BCUT2D eigenvalue weighted by Crippen LogP contribution is -2.40. The Hall–Kier alpha value is -1.31. The number of amides is 1. The molecule has 19 heavy (non-hydrogen) atoms. The molecule has 0 spiro atoms. The molecule has 0 bridgehead atoms. The van der Waals surface area contributed by atoms with Gasteiger partial charge in [0.1, 0.15) is 0 Å². The molecule has 0 saturated carbocycles. The van der Waals surface area contributed by atoms with Gasteiger partial charge in [0, 0.05) is 12.0 Å². The molecule has 0 fully saturated rings. The van der Waals surface area contributed by atoms with Gasteiger partial charge in [-0.2, -0.15) is 0 Å². The van der Waals surface area contributed by atoms with Crippen LogP contribution in [-0.4, -0.2) is 11.4 Å². The van der Waals surface area contributed by atoms with Gasteiger partial charge in [-0.25, -0.2) is 0 Å². The average Bonchev–Trinajstić information content (AvgIpc) is 2.23. The van der Waals surface area contributed by atoms with Crippen LogP contribution in [0.2, 0.25) is 0 Å². The highest BCUT2D eigenvalue weighted by atomic mass is 16.1. The minimum atomic E-state index is -0.146. The molecule has 1 N–H and O–H groups in total. The molecule has 106 valence electrons. The number of hydrogen-bond acceptors (Lipinski definition) is 1. The van der Waals surface area contributed by atoms with Crippen molar-refractivity contribution >= 4 is 5.91 Å². The Morgan fingerprint density at radius 2 is 1.53 bits per heavy atom. The van der Waals surface area contributed by atoms with Crippen molar-refractivity contribution < 1.29 is 4.79 Å². The Balaban J connectivity index is 2.53. The topological polar surface area (TPSA) is 29.1 Å². The first-order valence-electron chi connectivity index (χ1n) is 6.98. The number of hydrogen-bond donors (Lipinski definition) is 1. The molecule has 1 aromatic rings. The van der Waals surface area contributed by atoms with E-state index in [4.69, 9.17) is 0 Å². The van der Waals surface area contributed by atoms with E-state index in [1.807, 2.05) is 20.8 Å². The maximum absolute atomic E-state index is 11.7. The van der Waals surface area contributed by atoms with Crippen LogP contribution >= 0.6 is 0 Å². The van der Waals surface area contributed by atoms with E-state index < -0.39 is 0 Å². The zero-order valence-corrected chi connectivity index (χ0v) is 13.1. The summed E-state index contributed by atoms with van der Waals surface area (Å²) < 4.78 is 0. The number of aryl methyl sites for hydroxylation is 1. The molecule has 0 atom stereocenters. The van der Waals surface area contributed by atoms with E-state index in [9.17, 15) is 4.79 Å². The second kappa shape index (κ2) is 5.77. The van der Waals surface area contributed by atoms with Crippen LogP contribution in [0.5, 0.6) is 0 Å². The van der Waals surface area contributed by atoms with E-state index in [0.717, 1.165) is 6.42 Å². The fraction of sp³-hybridized carbons (Fsp3) is 0.588. The molecular formula is C17H27NO. The molecule has 2 nitrogen and oxygen atoms in total. The van der Waals surface area contributed by atoms with E-state index in [2.05, 4.69) is 50.4 Å². The van der Waals surface area contributed by atoms with Crippen molar-refractivity contribution in [1.82, 2.24) is 5.32 Å². The van der Waals surface area contributed by atoms with Gasteiger partial charge in [0.2, 0.25) is 5.91 Å². The second-order valence-corrected chi connectivity index (χ2v) is 7.25. The molecule has 0 saturated heterocycles. The van der Waals surface area contributed by atoms with Gasteiger partial charge in [-0.1, -0.05) is 45.0 Å². The highest BCUT2D eigenvalue weighted by Crippen LogP contribution is 2.22. The molecule has 0 heterocycles. The molecule has 0 unspecified atom stereocenters. The third kappa shape index (κ3) is 5.91. The standard InChI is InChI=1S/C17H27NO/c1-16(2,3)14-10-7-13(8-11-14)9-12-15(19)18-17(4,5)6/h7-8,10-11H,9,12H2,1-6H3,(H,18,19). The number of rotatable bonds is 3. The Morgan fingerprint density at radius 1 is 1.00 bits per heavy atom. The summed E-state index contributed by atoms with van der Waals surface area (Å²) in [5.41, 5.74) is 2.59. The highest BCUT2D eigenvalue weighted by molar-refractivity contribution is 5.76. The van der Waals surface area contributed by atoms with E-state index in [1.54, 1.807) is 0 Å². The number of nitrogens with one attached hydrogen (secondary N) is 1. The fourth-order valence-electron chi connectivity index (χ4n) is 1.91. The van der Waals surface area contributed by atoms with Crippen molar-refractivity contribution in [2.24, 2.45) is 0 Å². The summed E-state index contributed by atoms with van der Waals surface area (Å²) in [6, 6.07) is 8.59. The van der Waals surface area contributed by atoms with Gasteiger partial charge in [0.25, 0.3) is 0 Å². The van der Waals surface area contributed by atoms with Crippen LogP contribution in [0.15, 0.2) is 24.3 Å². The largest absolute Gasteiger partial charge is 0.351 e. The molecule has 0 aliphatic rings. The molecule has 1 aromatic carbocycles. The first kappa shape index (κ1) is 15.7. The molecule has 0 aromatic heterocycles. The van der Waals surface area contributed by atoms with Crippen LogP contribution in [0.4, 0.5) is 0 Å². The van der Waals surface area contributed by atoms with Crippen LogP contribution in [0.3, 0.4) is 0 Å². The Morgan fingerprint density at radius 3 is 1.95 bits per heavy atom. The normalized spacial score (nSPS) is 12.3. The minimum absolute atomic E-state index is 0.118. The molecule has 0 aliphatic carbocycles.